The molecule has 0 N–H and O–H groups in total. The maximum absolute atomic E-state index is 13.8. The average molecular weight is 560 g/mol. The Hall–Kier alpha value is -2.93. The lowest BCUT2D eigenvalue weighted by molar-refractivity contribution is 0.0267. The molecule has 0 bridgehead atoms. The molecule has 1 fully saturated rings. The van der Waals surface area contributed by atoms with Crippen LogP contribution in [-0.4, -0.2) is 69.0 Å². The molecular formula is C25H30ClN7O4S. The van der Waals surface area contributed by atoms with Crippen molar-refractivity contribution in [2.24, 2.45) is 7.05 Å². The van der Waals surface area contributed by atoms with Crippen LogP contribution in [0.4, 0.5) is 0 Å². The highest BCUT2D eigenvalue weighted by Gasteiger charge is 2.44. The SMILES string of the molecule is COCC1(n2c(CS(=O)(=O)[C@@H](C)[C@H](OC)c3ncc(Cl)cn3)nnc2-c2cccc3nn(C)cc23)CCC1. The van der Waals surface area contributed by atoms with Crippen molar-refractivity contribution in [1.82, 2.24) is 34.5 Å². The molecule has 0 spiro atoms. The first kappa shape index (κ1) is 26.7. The van der Waals surface area contributed by atoms with Gasteiger partial charge in [0.15, 0.2) is 21.5 Å². The summed E-state index contributed by atoms with van der Waals surface area (Å²) < 4.78 is 42.4. The van der Waals surface area contributed by atoms with E-state index in [-0.39, 0.29) is 11.6 Å². The van der Waals surface area contributed by atoms with E-state index in [4.69, 9.17) is 21.1 Å². The van der Waals surface area contributed by atoms with Crippen LogP contribution in [0.1, 0.15) is 43.9 Å². The van der Waals surface area contributed by atoms with E-state index in [1.165, 1.54) is 19.5 Å². The van der Waals surface area contributed by atoms with Crippen molar-refractivity contribution in [3.8, 4) is 11.4 Å². The molecule has 0 aliphatic heterocycles. The number of hydrogen-bond acceptors (Lipinski definition) is 9. The minimum atomic E-state index is -3.79. The number of rotatable bonds is 10. The first-order valence-electron chi connectivity index (χ1n) is 12.3. The van der Waals surface area contributed by atoms with Gasteiger partial charge in [0, 0.05) is 50.8 Å². The Bertz CT molecular complexity index is 1550. The summed E-state index contributed by atoms with van der Waals surface area (Å²) in [5.74, 6) is 0.871. The van der Waals surface area contributed by atoms with Crippen molar-refractivity contribution < 1.29 is 17.9 Å². The molecule has 0 unspecified atom stereocenters. The fourth-order valence-corrected chi connectivity index (χ4v) is 6.72. The molecule has 5 rings (SSSR count). The molecule has 11 nitrogen and oxygen atoms in total. The molecule has 0 radical (unpaired) electrons. The Morgan fingerprint density at radius 1 is 1.16 bits per heavy atom. The molecular weight excluding hydrogens is 530 g/mol. The molecule has 3 aromatic heterocycles. The van der Waals surface area contributed by atoms with Crippen molar-refractivity contribution in [3.05, 3.63) is 53.5 Å². The molecule has 202 valence electrons. The molecule has 38 heavy (non-hydrogen) atoms. The van der Waals surface area contributed by atoms with Gasteiger partial charge in [-0.25, -0.2) is 18.4 Å². The average Bonchev–Trinajstić information content (AvgIpc) is 3.45. The quantitative estimate of drug-likeness (QED) is 0.287. The summed E-state index contributed by atoms with van der Waals surface area (Å²) in [6, 6.07) is 5.81. The van der Waals surface area contributed by atoms with Crippen LogP contribution in [0.3, 0.4) is 0 Å². The van der Waals surface area contributed by atoms with Crippen molar-refractivity contribution in [1.29, 1.82) is 0 Å². The van der Waals surface area contributed by atoms with E-state index in [9.17, 15) is 8.42 Å². The first-order chi connectivity index (χ1) is 18.2. The molecule has 1 aromatic carbocycles. The van der Waals surface area contributed by atoms with Gasteiger partial charge in [0.1, 0.15) is 17.7 Å². The standard InChI is InChI=1S/C25H30ClN7O4S/c1-16(22(37-4)23-27-11-17(26)12-28-23)38(34,35)14-21-29-30-24(33(21)25(15-36-3)9-6-10-25)18-7-5-8-20-19(18)13-32(2)31-20/h5,7-8,11-13,16,22H,6,9-10,14-15H2,1-4H3/t16-,22-/m0/s1. The monoisotopic (exact) mass is 559 g/mol. The van der Waals surface area contributed by atoms with Crippen LogP contribution in [0, 0.1) is 0 Å². The number of aryl methyl sites for hydroxylation is 1. The lowest BCUT2D eigenvalue weighted by atomic mass is 9.76. The van der Waals surface area contributed by atoms with E-state index >= 15 is 0 Å². The van der Waals surface area contributed by atoms with E-state index < -0.39 is 26.7 Å². The highest BCUT2D eigenvalue weighted by atomic mass is 35.5. The number of fused-ring (bicyclic) bond motifs is 1. The zero-order valence-electron chi connectivity index (χ0n) is 21.7. The van der Waals surface area contributed by atoms with Crippen molar-refractivity contribution >= 4 is 32.3 Å². The van der Waals surface area contributed by atoms with E-state index in [0.717, 1.165) is 35.7 Å². The summed E-state index contributed by atoms with van der Waals surface area (Å²) in [7, 11) is 1.16. The molecule has 4 aromatic rings. The molecule has 0 saturated heterocycles. The van der Waals surface area contributed by atoms with Crippen LogP contribution >= 0.6 is 11.6 Å². The molecule has 1 saturated carbocycles. The Morgan fingerprint density at radius 3 is 2.53 bits per heavy atom. The summed E-state index contributed by atoms with van der Waals surface area (Å²) >= 11 is 5.91. The first-order valence-corrected chi connectivity index (χ1v) is 14.4. The lowest BCUT2D eigenvalue weighted by Crippen LogP contribution is -2.46. The number of benzene rings is 1. The summed E-state index contributed by atoms with van der Waals surface area (Å²) in [5, 5.41) is 13.8. The Balaban J connectivity index is 1.58. The second-order valence-corrected chi connectivity index (χ2v) is 12.5. The number of halogens is 1. The second kappa shape index (κ2) is 10.3. The highest BCUT2D eigenvalue weighted by molar-refractivity contribution is 7.91. The smallest absolute Gasteiger partial charge is 0.165 e. The summed E-state index contributed by atoms with van der Waals surface area (Å²) in [4.78, 5) is 8.36. The van der Waals surface area contributed by atoms with E-state index in [1.807, 2.05) is 36.0 Å². The predicted octanol–water partition coefficient (Wildman–Crippen LogP) is 3.49. The van der Waals surface area contributed by atoms with Gasteiger partial charge >= 0.3 is 0 Å². The third-order valence-corrected chi connectivity index (χ3v) is 9.51. The minimum absolute atomic E-state index is 0.244. The third-order valence-electron chi connectivity index (χ3n) is 7.28. The van der Waals surface area contributed by atoms with Crippen molar-refractivity contribution in [2.75, 3.05) is 20.8 Å². The van der Waals surface area contributed by atoms with Gasteiger partial charge in [0.25, 0.3) is 0 Å². The molecule has 13 heteroatoms. The Labute approximate surface area is 226 Å². The van der Waals surface area contributed by atoms with Crippen LogP contribution in [0.25, 0.3) is 22.3 Å². The van der Waals surface area contributed by atoms with Gasteiger partial charge in [-0.2, -0.15) is 5.10 Å². The van der Waals surface area contributed by atoms with Crippen LogP contribution in [0.2, 0.25) is 5.02 Å². The predicted molar refractivity (Wildman–Crippen MR) is 142 cm³/mol. The fraction of sp³-hybridized carbons (Fsp3) is 0.480. The normalized spacial score (nSPS) is 16.9. The van der Waals surface area contributed by atoms with Gasteiger partial charge in [-0.15, -0.1) is 10.2 Å². The number of sulfone groups is 1. The van der Waals surface area contributed by atoms with Crippen molar-refractivity contribution in [3.63, 3.8) is 0 Å². The molecule has 2 atom stereocenters. The molecule has 3 heterocycles. The number of ether oxygens (including phenoxy) is 2. The highest BCUT2D eigenvalue weighted by Crippen LogP contribution is 2.44. The zero-order chi connectivity index (χ0) is 27.1. The molecule has 0 amide bonds. The van der Waals surface area contributed by atoms with Crippen LogP contribution in [0.15, 0.2) is 36.8 Å². The van der Waals surface area contributed by atoms with Gasteiger partial charge in [0.05, 0.1) is 27.9 Å². The number of methoxy groups -OCH3 is 2. The lowest BCUT2D eigenvalue weighted by Gasteiger charge is -2.44. The largest absolute Gasteiger partial charge is 0.382 e. The summed E-state index contributed by atoms with van der Waals surface area (Å²) in [5.41, 5.74) is 1.22. The van der Waals surface area contributed by atoms with E-state index in [1.54, 1.807) is 18.7 Å². The Morgan fingerprint density at radius 2 is 1.89 bits per heavy atom. The number of aromatic nitrogens is 7. The fourth-order valence-electron chi connectivity index (χ4n) is 5.20. The van der Waals surface area contributed by atoms with Crippen molar-refractivity contribution in [2.45, 2.75) is 48.8 Å². The summed E-state index contributed by atoms with van der Waals surface area (Å²) in [6.45, 7) is 2.01. The van der Waals surface area contributed by atoms with Crippen LogP contribution in [0.5, 0.6) is 0 Å². The van der Waals surface area contributed by atoms with E-state index in [2.05, 4.69) is 25.3 Å². The zero-order valence-corrected chi connectivity index (χ0v) is 23.3. The molecule has 1 aliphatic rings. The van der Waals surface area contributed by atoms with Gasteiger partial charge in [0.2, 0.25) is 0 Å². The topological polar surface area (TPSA) is 127 Å². The number of nitrogens with zero attached hydrogens (tertiary/aromatic N) is 7. The van der Waals surface area contributed by atoms with Gasteiger partial charge in [-0.05, 0) is 32.3 Å². The second-order valence-electron chi connectivity index (χ2n) is 9.76. The minimum Gasteiger partial charge on any atom is -0.382 e. The molecule has 1 aliphatic carbocycles. The maximum atomic E-state index is 13.8. The Kier molecular flexibility index (Phi) is 7.25. The summed E-state index contributed by atoms with van der Waals surface area (Å²) in [6.07, 6.45) is 6.55. The van der Waals surface area contributed by atoms with Gasteiger partial charge < -0.3 is 14.0 Å². The third kappa shape index (κ3) is 4.70. The van der Waals surface area contributed by atoms with E-state index in [0.29, 0.717) is 23.3 Å². The maximum Gasteiger partial charge on any atom is 0.165 e. The number of hydrogen-bond donors (Lipinski definition) is 0. The van der Waals surface area contributed by atoms with Crippen LogP contribution < -0.4 is 0 Å². The van der Waals surface area contributed by atoms with Gasteiger partial charge in [-0.1, -0.05) is 23.7 Å². The van der Waals surface area contributed by atoms with Gasteiger partial charge in [-0.3, -0.25) is 4.68 Å². The van der Waals surface area contributed by atoms with Crippen LogP contribution in [-0.2, 0) is 37.7 Å².